The van der Waals surface area contributed by atoms with Crippen molar-refractivity contribution in [1.82, 2.24) is 0 Å². The van der Waals surface area contributed by atoms with Gasteiger partial charge in [0, 0.05) is 16.5 Å². The van der Waals surface area contributed by atoms with E-state index in [1.807, 2.05) is 12.1 Å². The van der Waals surface area contributed by atoms with Crippen molar-refractivity contribution in [3.63, 3.8) is 0 Å². The van der Waals surface area contributed by atoms with Crippen LogP contribution in [0.15, 0.2) is 82.8 Å². The van der Waals surface area contributed by atoms with Crippen LogP contribution in [0, 0.1) is 0 Å². The van der Waals surface area contributed by atoms with Crippen molar-refractivity contribution in [3.05, 3.63) is 72.8 Å². The summed E-state index contributed by atoms with van der Waals surface area (Å²) < 4.78 is 0. The molecule has 0 amide bonds. The molecule has 0 aromatic heterocycles. The first-order valence-electron chi connectivity index (χ1n) is 14.3. The van der Waals surface area contributed by atoms with Crippen molar-refractivity contribution in [1.29, 1.82) is 0 Å². The third-order valence-electron chi connectivity index (χ3n) is 6.34. The second-order valence-corrected chi connectivity index (χ2v) is 9.56. The molecule has 36 heavy (non-hydrogen) atoms. The van der Waals surface area contributed by atoms with Crippen LogP contribution in [0.4, 0.5) is 11.4 Å². The van der Waals surface area contributed by atoms with Crippen molar-refractivity contribution in [3.8, 4) is 0 Å². The van der Waals surface area contributed by atoms with Gasteiger partial charge in [-0.1, -0.05) is 127 Å². The Bertz CT molecular complexity index is 856. The summed E-state index contributed by atoms with van der Waals surface area (Å²) in [6.45, 7) is 4.54. The fourth-order valence-corrected chi connectivity index (χ4v) is 4.23. The first-order chi connectivity index (χ1) is 17.3. The summed E-state index contributed by atoms with van der Waals surface area (Å²) in [6, 6.07) is 20.6. The van der Waals surface area contributed by atoms with Crippen molar-refractivity contribution in [2.45, 2.75) is 110 Å². The zero-order chi connectivity index (χ0) is 24.8. The van der Waals surface area contributed by atoms with Crippen LogP contribution in [0.5, 0.6) is 0 Å². The number of nitrogens with zero attached hydrogens (tertiary/aromatic N) is 2. The standard InChI is InChI=1S/C33H48N2.Ni/c1-3-5-7-8-9-10-11-12-13-14-15-23-29-33(35-31-26-21-17-22-27-31)32(28-18-6-4-2)34-30-24-19-16-20-25-30;/h16-17,19-27,29H,3-15,18,28H2,1-2H3;. The van der Waals surface area contributed by atoms with E-state index < -0.39 is 0 Å². The maximum Gasteiger partial charge on any atom is 0.0848 e. The van der Waals surface area contributed by atoms with Crippen LogP contribution < -0.4 is 0 Å². The number of aliphatic imine (C=N–C) groups is 2. The van der Waals surface area contributed by atoms with E-state index in [0.29, 0.717) is 0 Å². The van der Waals surface area contributed by atoms with Crippen LogP contribution in [0.3, 0.4) is 0 Å². The molecular formula is C33H48N2Ni. The molecule has 0 aliphatic carbocycles. The summed E-state index contributed by atoms with van der Waals surface area (Å²) in [6.07, 6.45) is 23.9. The normalized spacial score (nSPS) is 12.2. The molecule has 3 heteroatoms. The average molecular weight is 531 g/mol. The second-order valence-electron chi connectivity index (χ2n) is 9.56. The summed E-state index contributed by atoms with van der Waals surface area (Å²) in [5.41, 5.74) is 4.08. The molecule has 0 saturated heterocycles. The molecule has 2 aromatic carbocycles. The summed E-state index contributed by atoms with van der Waals surface area (Å²) in [4.78, 5) is 10.1. The Morgan fingerprint density at radius 2 is 1.06 bits per heavy atom. The van der Waals surface area contributed by atoms with E-state index >= 15 is 0 Å². The Balaban J connectivity index is 0.00000648. The van der Waals surface area contributed by atoms with E-state index in [-0.39, 0.29) is 16.5 Å². The minimum absolute atomic E-state index is 0. The van der Waals surface area contributed by atoms with E-state index in [1.165, 1.54) is 77.0 Å². The maximum atomic E-state index is 5.04. The van der Waals surface area contributed by atoms with Gasteiger partial charge in [0.15, 0.2) is 0 Å². The SMILES string of the molecule is CCCCCCCCCCCCC=CC(=Nc1ccccc1)C(CCCCC)=Nc1ccccc1.[Ni]. The maximum absolute atomic E-state index is 5.04. The molecule has 0 radical (unpaired) electrons. The van der Waals surface area contributed by atoms with Gasteiger partial charge in [0.1, 0.15) is 0 Å². The zero-order valence-corrected chi connectivity index (χ0v) is 23.7. The van der Waals surface area contributed by atoms with E-state index in [9.17, 15) is 0 Å². The minimum Gasteiger partial charge on any atom is -0.251 e. The number of hydrogen-bond donors (Lipinski definition) is 0. The Hall–Kier alpha value is -1.99. The molecule has 0 aliphatic heterocycles. The number of rotatable bonds is 19. The van der Waals surface area contributed by atoms with Gasteiger partial charge in [-0.15, -0.1) is 0 Å². The molecule has 0 fully saturated rings. The van der Waals surface area contributed by atoms with Gasteiger partial charge in [0.2, 0.25) is 0 Å². The number of allylic oxidation sites excluding steroid dienone is 2. The van der Waals surface area contributed by atoms with Gasteiger partial charge in [-0.25, -0.2) is 4.99 Å². The minimum atomic E-state index is 0. The molecule has 2 rings (SSSR count). The summed E-state index contributed by atoms with van der Waals surface area (Å²) in [5, 5.41) is 0. The van der Waals surface area contributed by atoms with Crippen LogP contribution >= 0.6 is 0 Å². The summed E-state index contributed by atoms with van der Waals surface area (Å²) in [7, 11) is 0. The van der Waals surface area contributed by atoms with Gasteiger partial charge in [-0.3, -0.25) is 4.99 Å². The van der Waals surface area contributed by atoms with Crippen molar-refractivity contribution >= 4 is 22.8 Å². The number of benzene rings is 2. The number of hydrogen-bond acceptors (Lipinski definition) is 2. The van der Waals surface area contributed by atoms with Crippen LogP contribution in [0.1, 0.15) is 110 Å². The summed E-state index contributed by atoms with van der Waals surface area (Å²) >= 11 is 0. The van der Waals surface area contributed by atoms with Crippen molar-refractivity contribution in [2.24, 2.45) is 9.98 Å². The Kier molecular flexibility index (Phi) is 19.8. The van der Waals surface area contributed by atoms with Crippen molar-refractivity contribution in [2.75, 3.05) is 0 Å². The molecule has 2 aromatic rings. The molecule has 200 valence electrons. The molecule has 0 N–H and O–H groups in total. The first-order valence-corrected chi connectivity index (χ1v) is 14.3. The molecule has 0 aliphatic rings. The molecule has 0 heterocycles. The van der Waals surface area contributed by atoms with Gasteiger partial charge in [0.25, 0.3) is 0 Å². The van der Waals surface area contributed by atoms with E-state index in [2.05, 4.69) is 74.5 Å². The van der Waals surface area contributed by atoms with Crippen molar-refractivity contribution < 1.29 is 16.5 Å². The quantitative estimate of drug-likeness (QED) is 0.0979. The molecular weight excluding hydrogens is 483 g/mol. The van der Waals surface area contributed by atoms with Crippen LogP contribution in [-0.2, 0) is 16.5 Å². The predicted octanol–water partition coefficient (Wildman–Crippen LogP) is 11.0. The largest absolute Gasteiger partial charge is 0.251 e. The fraction of sp³-hybridized carbons (Fsp3) is 0.515. The fourth-order valence-electron chi connectivity index (χ4n) is 4.23. The predicted molar refractivity (Wildman–Crippen MR) is 157 cm³/mol. The van der Waals surface area contributed by atoms with Gasteiger partial charge in [-0.05, 0) is 56.0 Å². The van der Waals surface area contributed by atoms with E-state index in [0.717, 1.165) is 42.1 Å². The second kappa shape index (κ2) is 22.2. The van der Waals surface area contributed by atoms with Gasteiger partial charge < -0.3 is 0 Å². The average Bonchev–Trinajstić information content (AvgIpc) is 2.89. The smallest absolute Gasteiger partial charge is 0.0848 e. The zero-order valence-electron chi connectivity index (χ0n) is 22.7. The summed E-state index contributed by atoms with van der Waals surface area (Å²) in [5.74, 6) is 0. The van der Waals surface area contributed by atoms with Crippen LogP contribution in [0.25, 0.3) is 0 Å². The van der Waals surface area contributed by atoms with E-state index in [1.54, 1.807) is 0 Å². The van der Waals surface area contributed by atoms with Gasteiger partial charge in [-0.2, -0.15) is 0 Å². The molecule has 0 spiro atoms. The van der Waals surface area contributed by atoms with E-state index in [4.69, 9.17) is 9.98 Å². The third kappa shape index (κ3) is 15.2. The monoisotopic (exact) mass is 530 g/mol. The Morgan fingerprint density at radius 3 is 1.61 bits per heavy atom. The number of unbranched alkanes of at least 4 members (excludes halogenated alkanes) is 12. The third-order valence-corrected chi connectivity index (χ3v) is 6.34. The molecule has 2 nitrogen and oxygen atoms in total. The molecule has 0 saturated carbocycles. The molecule has 0 atom stereocenters. The molecule has 0 unspecified atom stereocenters. The molecule has 0 bridgehead atoms. The number of para-hydroxylation sites is 2. The van der Waals surface area contributed by atoms with Gasteiger partial charge in [0.05, 0.1) is 22.8 Å². The van der Waals surface area contributed by atoms with Crippen LogP contribution in [-0.4, -0.2) is 11.4 Å². The topological polar surface area (TPSA) is 24.7 Å². The Morgan fingerprint density at radius 1 is 0.583 bits per heavy atom. The first kappa shape index (κ1) is 32.0. The van der Waals surface area contributed by atoms with Crippen LogP contribution in [0.2, 0.25) is 0 Å². The Labute approximate surface area is 231 Å². The van der Waals surface area contributed by atoms with Gasteiger partial charge >= 0.3 is 0 Å².